The van der Waals surface area contributed by atoms with Crippen molar-refractivity contribution >= 4 is 26.8 Å². The van der Waals surface area contributed by atoms with Gasteiger partial charge in [0.2, 0.25) is 0 Å². The molecule has 1 heterocycles. The number of fused-ring (bicyclic) bond motifs is 1. The second-order valence-electron chi connectivity index (χ2n) is 4.49. The molecule has 2 heteroatoms. The van der Waals surface area contributed by atoms with Gasteiger partial charge in [0.1, 0.15) is 0 Å². The lowest BCUT2D eigenvalue weighted by Gasteiger charge is -2.11. The summed E-state index contributed by atoms with van der Waals surface area (Å²) in [5.41, 5.74) is 2.67. The van der Waals surface area contributed by atoms with Gasteiger partial charge in [-0.05, 0) is 36.4 Å². The van der Waals surface area contributed by atoms with Gasteiger partial charge in [-0.25, -0.2) is 0 Å². The van der Waals surface area contributed by atoms with Crippen LogP contribution in [0.1, 0.15) is 19.5 Å². The van der Waals surface area contributed by atoms with E-state index in [1.54, 1.807) is 0 Å². The maximum Gasteiger partial charge on any atom is 0.0493 e. The summed E-state index contributed by atoms with van der Waals surface area (Å²) >= 11 is 3.53. The summed E-state index contributed by atoms with van der Waals surface area (Å²) in [4.78, 5) is 0. The van der Waals surface area contributed by atoms with Crippen LogP contribution in [0.4, 0.5) is 0 Å². The molecule has 15 heavy (non-hydrogen) atoms. The van der Waals surface area contributed by atoms with E-state index in [1.165, 1.54) is 16.6 Å². The number of rotatable bonds is 2. The molecule has 0 amide bonds. The second-order valence-corrected chi connectivity index (χ2v) is 5.41. The number of halogens is 1. The summed E-state index contributed by atoms with van der Waals surface area (Å²) in [5, 5.41) is 1.33. The van der Waals surface area contributed by atoms with Gasteiger partial charge in [0.15, 0.2) is 0 Å². The first-order valence-electron chi connectivity index (χ1n) is 5.33. The van der Waals surface area contributed by atoms with Crippen LogP contribution in [0.3, 0.4) is 0 Å². The first kappa shape index (κ1) is 10.7. The van der Waals surface area contributed by atoms with Crippen LogP contribution < -0.4 is 0 Å². The molecule has 0 spiro atoms. The summed E-state index contributed by atoms with van der Waals surface area (Å²) in [6.45, 7) is 7.77. The van der Waals surface area contributed by atoms with E-state index in [-0.39, 0.29) is 0 Å². The Morgan fingerprint density at radius 1 is 1.27 bits per heavy atom. The van der Waals surface area contributed by atoms with E-state index in [9.17, 15) is 0 Å². The Labute approximate surface area is 99.2 Å². The van der Waals surface area contributed by atoms with Crippen molar-refractivity contribution in [2.24, 2.45) is 5.92 Å². The van der Waals surface area contributed by atoms with Crippen molar-refractivity contribution < 1.29 is 0 Å². The molecule has 1 aromatic heterocycles. The van der Waals surface area contributed by atoms with Gasteiger partial charge in [0.25, 0.3) is 0 Å². The van der Waals surface area contributed by atoms with Crippen molar-refractivity contribution in [3.05, 3.63) is 34.4 Å². The smallest absolute Gasteiger partial charge is 0.0493 e. The van der Waals surface area contributed by atoms with Crippen LogP contribution in [0.15, 0.2) is 28.7 Å². The molecule has 1 nitrogen and oxygen atoms in total. The molecule has 0 saturated heterocycles. The lowest BCUT2D eigenvalue weighted by Crippen LogP contribution is -2.05. The van der Waals surface area contributed by atoms with Gasteiger partial charge >= 0.3 is 0 Å². The first-order valence-corrected chi connectivity index (χ1v) is 6.12. The fraction of sp³-hybridized carbons (Fsp3) is 0.385. The van der Waals surface area contributed by atoms with Gasteiger partial charge in [-0.1, -0.05) is 35.8 Å². The van der Waals surface area contributed by atoms with Gasteiger partial charge in [-0.15, -0.1) is 0 Å². The average molecular weight is 266 g/mol. The maximum absolute atomic E-state index is 3.53. The standard InChI is InChI=1S/C13H16BrN/c1-9(2)8-15-10(3)6-11-4-5-12(14)7-13(11)15/h4-7,9H,8H2,1-3H3. The molecule has 80 valence electrons. The molecule has 0 fully saturated rings. The summed E-state index contributed by atoms with van der Waals surface area (Å²) in [6, 6.07) is 8.72. The third-order valence-corrected chi connectivity index (χ3v) is 3.11. The predicted molar refractivity (Wildman–Crippen MR) is 69.2 cm³/mol. The Morgan fingerprint density at radius 3 is 2.67 bits per heavy atom. The SMILES string of the molecule is Cc1cc2ccc(Br)cc2n1CC(C)C. The highest BCUT2D eigenvalue weighted by Crippen LogP contribution is 2.24. The number of aryl methyl sites for hydroxylation is 1. The fourth-order valence-electron chi connectivity index (χ4n) is 1.97. The fourth-order valence-corrected chi connectivity index (χ4v) is 2.32. The molecule has 2 rings (SSSR count). The molecule has 0 aliphatic heterocycles. The average Bonchev–Trinajstić information content (AvgIpc) is 2.43. The number of benzene rings is 1. The van der Waals surface area contributed by atoms with Crippen molar-refractivity contribution in [3.8, 4) is 0 Å². The maximum atomic E-state index is 3.53. The largest absolute Gasteiger partial charge is 0.345 e. The van der Waals surface area contributed by atoms with E-state index in [0.29, 0.717) is 5.92 Å². The predicted octanol–water partition coefficient (Wildman–Crippen LogP) is 4.37. The summed E-state index contributed by atoms with van der Waals surface area (Å²) in [6.07, 6.45) is 0. The Bertz CT molecular complexity index is 482. The first-order chi connectivity index (χ1) is 7.08. The molecule has 0 aliphatic carbocycles. The van der Waals surface area contributed by atoms with Gasteiger partial charge in [0, 0.05) is 22.2 Å². The number of hydrogen-bond acceptors (Lipinski definition) is 0. The van der Waals surface area contributed by atoms with Crippen molar-refractivity contribution in [1.29, 1.82) is 0 Å². The minimum Gasteiger partial charge on any atom is -0.345 e. The van der Waals surface area contributed by atoms with E-state index in [0.717, 1.165) is 11.0 Å². The third-order valence-electron chi connectivity index (χ3n) is 2.62. The van der Waals surface area contributed by atoms with Crippen LogP contribution in [0.5, 0.6) is 0 Å². The molecule has 2 aromatic rings. The van der Waals surface area contributed by atoms with Gasteiger partial charge in [0.05, 0.1) is 0 Å². The van der Waals surface area contributed by atoms with Crippen LogP contribution in [-0.4, -0.2) is 4.57 Å². The van der Waals surface area contributed by atoms with Crippen molar-refractivity contribution in [3.63, 3.8) is 0 Å². The minimum atomic E-state index is 0.679. The van der Waals surface area contributed by atoms with Crippen molar-refractivity contribution in [2.45, 2.75) is 27.3 Å². The van der Waals surface area contributed by atoms with Crippen molar-refractivity contribution in [2.75, 3.05) is 0 Å². The number of aromatic nitrogens is 1. The van der Waals surface area contributed by atoms with E-state index >= 15 is 0 Å². The van der Waals surface area contributed by atoms with Crippen LogP contribution in [-0.2, 0) is 6.54 Å². The summed E-state index contributed by atoms with van der Waals surface area (Å²) in [5.74, 6) is 0.679. The second kappa shape index (κ2) is 4.01. The topological polar surface area (TPSA) is 4.93 Å². The third kappa shape index (κ3) is 2.10. The zero-order chi connectivity index (χ0) is 11.0. The molecule has 0 atom stereocenters. The molecule has 0 radical (unpaired) electrons. The van der Waals surface area contributed by atoms with Gasteiger partial charge in [-0.3, -0.25) is 0 Å². The Morgan fingerprint density at radius 2 is 2.00 bits per heavy atom. The molecule has 0 unspecified atom stereocenters. The molecule has 0 saturated carbocycles. The van der Waals surface area contributed by atoms with E-state index in [2.05, 4.69) is 65.5 Å². The number of hydrogen-bond donors (Lipinski definition) is 0. The van der Waals surface area contributed by atoms with Gasteiger partial charge in [-0.2, -0.15) is 0 Å². The van der Waals surface area contributed by atoms with E-state index in [1.807, 2.05) is 0 Å². The molecule has 0 bridgehead atoms. The Balaban J connectivity index is 2.60. The van der Waals surface area contributed by atoms with E-state index < -0.39 is 0 Å². The Hall–Kier alpha value is -0.760. The normalized spacial score (nSPS) is 11.5. The summed E-state index contributed by atoms with van der Waals surface area (Å²) in [7, 11) is 0. The van der Waals surface area contributed by atoms with Crippen LogP contribution in [0.25, 0.3) is 10.9 Å². The van der Waals surface area contributed by atoms with E-state index in [4.69, 9.17) is 0 Å². The highest BCUT2D eigenvalue weighted by Gasteiger charge is 2.06. The van der Waals surface area contributed by atoms with Gasteiger partial charge < -0.3 is 4.57 Å². The monoisotopic (exact) mass is 265 g/mol. The molecule has 0 N–H and O–H groups in total. The summed E-state index contributed by atoms with van der Waals surface area (Å²) < 4.78 is 3.54. The zero-order valence-electron chi connectivity index (χ0n) is 9.42. The highest BCUT2D eigenvalue weighted by atomic mass is 79.9. The molecule has 0 aliphatic rings. The van der Waals surface area contributed by atoms with Crippen molar-refractivity contribution in [1.82, 2.24) is 4.57 Å². The molecular formula is C13H16BrN. The Kier molecular flexibility index (Phi) is 2.87. The molecule has 1 aromatic carbocycles. The minimum absolute atomic E-state index is 0.679. The highest BCUT2D eigenvalue weighted by molar-refractivity contribution is 9.10. The lowest BCUT2D eigenvalue weighted by atomic mass is 10.2. The number of nitrogens with zero attached hydrogens (tertiary/aromatic N) is 1. The zero-order valence-corrected chi connectivity index (χ0v) is 11.0. The molecular weight excluding hydrogens is 250 g/mol. The quantitative estimate of drug-likeness (QED) is 0.760. The van der Waals surface area contributed by atoms with Crippen LogP contribution in [0, 0.1) is 12.8 Å². The van der Waals surface area contributed by atoms with Crippen LogP contribution in [0.2, 0.25) is 0 Å². The van der Waals surface area contributed by atoms with Crippen LogP contribution >= 0.6 is 15.9 Å². The lowest BCUT2D eigenvalue weighted by molar-refractivity contribution is 0.528.